The quantitative estimate of drug-likeness (QED) is 0.628. The number of amides is 3. The highest BCUT2D eigenvalue weighted by atomic mass is 16.2. The van der Waals surface area contributed by atoms with Crippen molar-refractivity contribution in [2.75, 3.05) is 16.3 Å². The van der Waals surface area contributed by atoms with E-state index in [1.165, 1.54) is 0 Å². The molecule has 5 heteroatoms. The molecule has 0 saturated heterocycles. The van der Waals surface area contributed by atoms with Crippen molar-refractivity contribution >= 4 is 29.1 Å². The highest BCUT2D eigenvalue weighted by Crippen LogP contribution is 2.31. The zero-order valence-corrected chi connectivity index (χ0v) is 15.7. The van der Waals surface area contributed by atoms with Crippen LogP contribution in [0, 0.1) is 0 Å². The number of para-hydroxylation sites is 1. The number of carbonyl (C=O) groups is 3. The maximum atomic E-state index is 13.2. The van der Waals surface area contributed by atoms with E-state index in [9.17, 15) is 14.4 Å². The minimum atomic E-state index is -0.362. The second-order valence-corrected chi connectivity index (χ2v) is 7.23. The molecule has 0 aliphatic carbocycles. The molecule has 2 aliphatic heterocycles. The highest BCUT2D eigenvalue weighted by Gasteiger charge is 2.36. The van der Waals surface area contributed by atoms with Gasteiger partial charge >= 0.3 is 0 Å². The Balaban J connectivity index is 1.50. The molecular weight excluding hydrogens is 364 g/mol. The molecule has 142 valence electrons. The summed E-state index contributed by atoms with van der Waals surface area (Å²) >= 11 is 0. The average molecular weight is 382 g/mol. The van der Waals surface area contributed by atoms with Gasteiger partial charge in [-0.3, -0.25) is 14.4 Å². The second-order valence-electron chi connectivity index (χ2n) is 7.23. The summed E-state index contributed by atoms with van der Waals surface area (Å²) in [6.45, 7) is 0.646. The Morgan fingerprint density at radius 2 is 1.48 bits per heavy atom. The van der Waals surface area contributed by atoms with Gasteiger partial charge in [-0.1, -0.05) is 36.4 Å². The number of anilines is 2. The topological polar surface area (TPSA) is 57.7 Å². The molecule has 29 heavy (non-hydrogen) atoms. The number of benzene rings is 3. The summed E-state index contributed by atoms with van der Waals surface area (Å²) in [5, 5.41) is 0. The highest BCUT2D eigenvalue weighted by molar-refractivity contribution is 6.34. The number of rotatable bonds is 2. The van der Waals surface area contributed by atoms with Crippen LogP contribution in [0.4, 0.5) is 11.4 Å². The normalized spacial score (nSPS) is 15.3. The van der Waals surface area contributed by atoms with Gasteiger partial charge in [-0.2, -0.15) is 0 Å². The van der Waals surface area contributed by atoms with Crippen LogP contribution in [0.15, 0.2) is 72.8 Å². The predicted molar refractivity (Wildman–Crippen MR) is 110 cm³/mol. The molecule has 0 unspecified atom stereocenters. The first-order valence-corrected chi connectivity index (χ1v) is 9.63. The summed E-state index contributed by atoms with van der Waals surface area (Å²) in [6, 6.07) is 21.4. The molecule has 0 bridgehead atoms. The van der Waals surface area contributed by atoms with E-state index in [1.807, 2.05) is 24.3 Å². The van der Waals surface area contributed by atoms with E-state index in [-0.39, 0.29) is 17.7 Å². The third kappa shape index (κ3) is 2.74. The summed E-state index contributed by atoms with van der Waals surface area (Å²) in [5.41, 5.74) is 3.72. The third-order valence-electron chi connectivity index (χ3n) is 5.50. The lowest BCUT2D eigenvalue weighted by atomic mass is 10.0. The van der Waals surface area contributed by atoms with Gasteiger partial charge in [0.15, 0.2) is 0 Å². The molecule has 3 aromatic rings. The molecule has 2 heterocycles. The zero-order valence-electron chi connectivity index (χ0n) is 15.7. The van der Waals surface area contributed by atoms with Crippen LogP contribution in [0.25, 0.3) is 0 Å². The molecule has 0 aromatic heterocycles. The molecule has 0 spiro atoms. The van der Waals surface area contributed by atoms with Gasteiger partial charge in [-0.15, -0.1) is 0 Å². The number of carbonyl (C=O) groups excluding carboxylic acids is 3. The van der Waals surface area contributed by atoms with Crippen molar-refractivity contribution in [1.82, 2.24) is 0 Å². The lowest BCUT2D eigenvalue weighted by Crippen LogP contribution is -2.35. The van der Waals surface area contributed by atoms with Crippen LogP contribution >= 0.6 is 0 Å². The Labute approximate surface area is 168 Å². The van der Waals surface area contributed by atoms with Crippen LogP contribution in [-0.2, 0) is 6.42 Å². The van der Waals surface area contributed by atoms with Gasteiger partial charge in [0.2, 0.25) is 0 Å². The summed E-state index contributed by atoms with van der Waals surface area (Å²) in [6.07, 6.45) is 1.86. The fourth-order valence-corrected chi connectivity index (χ4v) is 4.10. The van der Waals surface area contributed by atoms with Gasteiger partial charge in [-0.05, 0) is 54.8 Å². The van der Waals surface area contributed by atoms with E-state index in [0.717, 1.165) is 29.0 Å². The molecule has 0 radical (unpaired) electrons. The van der Waals surface area contributed by atoms with E-state index in [4.69, 9.17) is 0 Å². The number of aryl methyl sites for hydroxylation is 1. The Morgan fingerprint density at radius 1 is 0.793 bits per heavy atom. The molecule has 5 nitrogen and oxygen atoms in total. The Kier molecular flexibility index (Phi) is 4.02. The molecule has 0 atom stereocenters. The largest absolute Gasteiger partial charge is 0.308 e. The van der Waals surface area contributed by atoms with E-state index in [1.54, 1.807) is 53.4 Å². The van der Waals surface area contributed by atoms with Crippen molar-refractivity contribution in [1.29, 1.82) is 0 Å². The third-order valence-corrected chi connectivity index (χ3v) is 5.50. The van der Waals surface area contributed by atoms with Crippen LogP contribution in [0.5, 0.6) is 0 Å². The monoisotopic (exact) mass is 382 g/mol. The average Bonchev–Trinajstić information content (AvgIpc) is 3.03. The summed E-state index contributed by atoms with van der Waals surface area (Å²) in [4.78, 5) is 41.7. The summed E-state index contributed by atoms with van der Waals surface area (Å²) < 4.78 is 0. The summed E-state index contributed by atoms with van der Waals surface area (Å²) in [7, 11) is 0. The molecule has 0 saturated carbocycles. The van der Waals surface area contributed by atoms with Crippen LogP contribution in [0.1, 0.15) is 43.1 Å². The van der Waals surface area contributed by atoms with E-state index < -0.39 is 0 Å². The number of hydrogen-bond acceptors (Lipinski definition) is 3. The van der Waals surface area contributed by atoms with Crippen molar-refractivity contribution in [2.45, 2.75) is 12.8 Å². The van der Waals surface area contributed by atoms with Crippen molar-refractivity contribution in [3.05, 3.63) is 95.1 Å². The van der Waals surface area contributed by atoms with Crippen LogP contribution < -0.4 is 9.80 Å². The van der Waals surface area contributed by atoms with Gasteiger partial charge in [0, 0.05) is 17.8 Å². The fourth-order valence-electron chi connectivity index (χ4n) is 4.10. The van der Waals surface area contributed by atoms with Gasteiger partial charge in [-0.25, -0.2) is 4.90 Å². The van der Waals surface area contributed by atoms with Gasteiger partial charge in [0.1, 0.15) is 0 Å². The van der Waals surface area contributed by atoms with Crippen LogP contribution in [-0.4, -0.2) is 24.3 Å². The first-order chi connectivity index (χ1) is 14.1. The maximum absolute atomic E-state index is 13.2. The summed E-state index contributed by atoms with van der Waals surface area (Å²) in [5.74, 6) is -0.854. The standard InChI is InChI=1S/C24H18N2O3/c27-22(25-14-6-9-16-7-1-4-13-21(16)25)17-8-5-10-18(15-17)26-23(28)19-11-2-3-12-20(19)24(26)29/h1-5,7-8,10-13,15H,6,9,14H2. The number of imide groups is 1. The van der Waals surface area contributed by atoms with E-state index in [2.05, 4.69) is 0 Å². The van der Waals surface area contributed by atoms with Crippen LogP contribution in [0.3, 0.4) is 0 Å². The Hall–Kier alpha value is -3.73. The predicted octanol–water partition coefficient (Wildman–Crippen LogP) is 4.08. The first kappa shape index (κ1) is 17.4. The second kappa shape index (κ2) is 6.71. The lowest BCUT2D eigenvalue weighted by molar-refractivity contribution is 0.0922. The molecule has 3 aromatic carbocycles. The van der Waals surface area contributed by atoms with Crippen molar-refractivity contribution in [2.24, 2.45) is 0 Å². The first-order valence-electron chi connectivity index (χ1n) is 9.63. The SMILES string of the molecule is O=C(c1cccc(N2C(=O)c3ccccc3C2=O)c1)N1CCCc2ccccc21. The minimum Gasteiger partial charge on any atom is -0.308 e. The van der Waals surface area contributed by atoms with Gasteiger partial charge in [0.05, 0.1) is 16.8 Å². The molecule has 3 amide bonds. The smallest absolute Gasteiger partial charge is 0.266 e. The number of hydrogen-bond donors (Lipinski definition) is 0. The molecular formula is C24H18N2O3. The molecule has 0 N–H and O–H groups in total. The van der Waals surface area contributed by atoms with Crippen molar-refractivity contribution in [3.63, 3.8) is 0 Å². The van der Waals surface area contributed by atoms with E-state index >= 15 is 0 Å². The van der Waals surface area contributed by atoms with Crippen molar-refractivity contribution < 1.29 is 14.4 Å². The molecule has 5 rings (SSSR count). The Morgan fingerprint density at radius 3 is 2.24 bits per heavy atom. The number of nitrogens with zero attached hydrogens (tertiary/aromatic N) is 2. The fraction of sp³-hybridized carbons (Fsp3) is 0.125. The molecule has 0 fully saturated rings. The van der Waals surface area contributed by atoms with Crippen LogP contribution in [0.2, 0.25) is 0 Å². The molecule has 2 aliphatic rings. The van der Waals surface area contributed by atoms with Gasteiger partial charge in [0.25, 0.3) is 17.7 Å². The van der Waals surface area contributed by atoms with Crippen molar-refractivity contribution in [3.8, 4) is 0 Å². The number of fused-ring (bicyclic) bond motifs is 2. The Bertz CT molecular complexity index is 1130. The maximum Gasteiger partial charge on any atom is 0.266 e. The zero-order chi connectivity index (χ0) is 20.0. The van der Waals surface area contributed by atoms with Gasteiger partial charge < -0.3 is 4.90 Å². The minimum absolute atomic E-state index is 0.129. The van der Waals surface area contributed by atoms with E-state index in [0.29, 0.717) is 28.9 Å². The lowest BCUT2D eigenvalue weighted by Gasteiger charge is -2.29.